The van der Waals surface area contributed by atoms with Crippen LogP contribution in [-0.2, 0) is 0 Å². The Bertz CT molecular complexity index is 639. The van der Waals surface area contributed by atoms with Crippen LogP contribution in [0.5, 0.6) is 0 Å². The monoisotopic (exact) mass is 298 g/mol. The van der Waals surface area contributed by atoms with Gasteiger partial charge in [-0.2, -0.15) is 0 Å². The van der Waals surface area contributed by atoms with E-state index >= 15 is 0 Å². The summed E-state index contributed by atoms with van der Waals surface area (Å²) in [4.78, 5) is 29.0. The molecule has 2 aromatic heterocycles. The summed E-state index contributed by atoms with van der Waals surface area (Å²) in [5.41, 5.74) is 1.06. The first-order chi connectivity index (χ1) is 10.7. The third-order valence-corrected chi connectivity index (χ3v) is 3.65. The summed E-state index contributed by atoms with van der Waals surface area (Å²) in [6.07, 6.45) is 4.70. The molecule has 2 aromatic rings. The SMILES string of the molecule is CN1CCN(c2cc(C(=O)Nc3ccncc3)ncn2)CC1. The number of hydrogen-bond donors (Lipinski definition) is 1. The van der Waals surface area contributed by atoms with E-state index < -0.39 is 0 Å². The molecule has 1 N–H and O–H groups in total. The van der Waals surface area contributed by atoms with E-state index in [0.29, 0.717) is 11.4 Å². The van der Waals surface area contributed by atoms with Gasteiger partial charge in [-0.1, -0.05) is 0 Å². The van der Waals surface area contributed by atoms with Crippen molar-refractivity contribution in [3.05, 3.63) is 42.6 Å². The third-order valence-electron chi connectivity index (χ3n) is 3.65. The first-order valence-electron chi connectivity index (χ1n) is 7.19. The Morgan fingerprint density at radius 3 is 2.59 bits per heavy atom. The fraction of sp³-hybridized carbons (Fsp3) is 0.333. The number of hydrogen-bond acceptors (Lipinski definition) is 6. The van der Waals surface area contributed by atoms with E-state index in [1.54, 1.807) is 30.6 Å². The molecule has 0 aliphatic carbocycles. The summed E-state index contributed by atoms with van der Waals surface area (Å²) in [5.74, 6) is 0.548. The fourth-order valence-corrected chi connectivity index (χ4v) is 2.31. The molecule has 7 heteroatoms. The number of carbonyl (C=O) groups excluding carboxylic acids is 1. The zero-order chi connectivity index (χ0) is 15.4. The van der Waals surface area contributed by atoms with Crippen molar-refractivity contribution >= 4 is 17.4 Å². The maximum atomic E-state index is 12.3. The molecule has 0 unspecified atom stereocenters. The summed E-state index contributed by atoms with van der Waals surface area (Å²) in [5, 5.41) is 2.80. The van der Waals surface area contributed by atoms with Gasteiger partial charge in [0.15, 0.2) is 0 Å². The molecule has 114 valence electrons. The zero-order valence-electron chi connectivity index (χ0n) is 12.4. The highest BCUT2D eigenvalue weighted by molar-refractivity contribution is 6.03. The van der Waals surface area contributed by atoms with Crippen LogP contribution in [0.2, 0.25) is 0 Å². The molecule has 0 saturated carbocycles. The van der Waals surface area contributed by atoms with Crippen LogP contribution in [0.4, 0.5) is 11.5 Å². The molecule has 0 aromatic carbocycles. The highest BCUT2D eigenvalue weighted by Crippen LogP contribution is 2.14. The van der Waals surface area contributed by atoms with Crippen molar-refractivity contribution in [3.63, 3.8) is 0 Å². The smallest absolute Gasteiger partial charge is 0.274 e. The van der Waals surface area contributed by atoms with Gasteiger partial charge in [-0.25, -0.2) is 9.97 Å². The summed E-state index contributed by atoms with van der Waals surface area (Å²) in [7, 11) is 2.10. The van der Waals surface area contributed by atoms with E-state index in [1.165, 1.54) is 6.33 Å². The molecule has 22 heavy (non-hydrogen) atoms. The number of aromatic nitrogens is 3. The lowest BCUT2D eigenvalue weighted by molar-refractivity contribution is 0.102. The fourth-order valence-electron chi connectivity index (χ4n) is 2.31. The van der Waals surface area contributed by atoms with Gasteiger partial charge < -0.3 is 15.1 Å². The van der Waals surface area contributed by atoms with Crippen molar-refractivity contribution in [2.24, 2.45) is 0 Å². The molecule has 1 saturated heterocycles. The van der Waals surface area contributed by atoms with E-state index in [9.17, 15) is 4.79 Å². The minimum Gasteiger partial charge on any atom is -0.354 e. The van der Waals surface area contributed by atoms with Gasteiger partial charge in [-0.05, 0) is 19.2 Å². The lowest BCUT2D eigenvalue weighted by Crippen LogP contribution is -2.44. The van der Waals surface area contributed by atoms with E-state index in [2.05, 4.69) is 37.1 Å². The van der Waals surface area contributed by atoms with Crippen molar-refractivity contribution in [3.8, 4) is 0 Å². The Kier molecular flexibility index (Phi) is 4.24. The second-order valence-corrected chi connectivity index (χ2v) is 5.24. The Balaban J connectivity index is 1.72. The molecule has 1 amide bonds. The number of nitrogens with one attached hydrogen (secondary N) is 1. The maximum Gasteiger partial charge on any atom is 0.274 e. The Morgan fingerprint density at radius 1 is 1.14 bits per heavy atom. The van der Waals surface area contributed by atoms with Crippen molar-refractivity contribution in [1.29, 1.82) is 0 Å². The van der Waals surface area contributed by atoms with Gasteiger partial charge in [0.2, 0.25) is 0 Å². The molecule has 1 aliphatic rings. The number of piperazine rings is 1. The summed E-state index contributed by atoms with van der Waals surface area (Å²) < 4.78 is 0. The predicted octanol–water partition coefficient (Wildman–Crippen LogP) is 0.876. The zero-order valence-corrected chi connectivity index (χ0v) is 12.4. The van der Waals surface area contributed by atoms with Crippen LogP contribution in [0.15, 0.2) is 36.9 Å². The Labute approximate surface area is 129 Å². The molecule has 0 radical (unpaired) electrons. The molecule has 1 aliphatic heterocycles. The van der Waals surface area contributed by atoms with Gasteiger partial charge in [-0.3, -0.25) is 9.78 Å². The van der Waals surface area contributed by atoms with E-state index in [4.69, 9.17) is 0 Å². The summed E-state index contributed by atoms with van der Waals surface area (Å²) in [6.45, 7) is 3.78. The van der Waals surface area contributed by atoms with Crippen molar-refractivity contribution in [2.75, 3.05) is 43.4 Å². The Morgan fingerprint density at radius 2 is 1.86 bits per heavy atom. The first-order valence-corrected chi connectivity index (χ1v) is 7.19. The molecular formula is C15H18N6O. The molecule has 0 atom stereocenters. The van der Waals surface area contributed by atoms with Crippen LogP contribution in [-0.4, -0.2) is 59.0 Å². The topological polar surface area (TPSA) is 74.2 Å². The Hall–Kier alpha value is -2.54. The van der Waals surface area contributed by atoms with E-state index in [0.717, 1.165) is 32.0 Å². The molecule has 0 spiro atoms. The predicted molar refractivity (Wildman–Crippen MR) is 83.9 cm³/mol. The van der Waals surface area contributed by atoms with Gasteiger partial charge >= 0.3 is 0 Å². The number of rotatable bonds is 3. The van der Waals surface area contributed by atoms with E-state index in [1.807, 2.05) is 0 Å². The first kappa shape index (κ1) is 14.4. The highest BCUT2D eigenvalue weighted by Gasteiger charge is 2.17. The van der Waals surface area contributed by atoms with Gasteiger partial charge in [0.1, 0.15) is 17.8 Å². The van der Waals surface area contributed by atoms with Crippen LogP contribution < -0.4 is 10.2 Å². The molecule has 7 nitrogen and oxygen atoms in total. The van der Waals surface area contributed by atoms with Crippen molar-refractivity contribution < 1.29 is 4.79 Å². The van der Waals surface area contributed by atoms with Gasteiger partial charge in [0.05, 0.1) is 0 Å². The quantitative estimate of drug-likeness (QED) is 0.906. The average Bonchev–Trinajstić information content (AvgIpc) is 2.56. The van der Waals surface area contributed by atoms with Crippen LogP contribution in [0, 0.1) is 0 Å². The minimum absolute atomic E-state index is 0.246. The van der Waals surface area contributed by atoms with Crippen molar-refractivity contribution in [1.82, 2.24) is 19.9 Å². The number of anilines is 2. The maximum absolute atomic E-state index is 12.3. The molecule has 3 heterocycles. The standard InChI is InChI=1S/C15H18N6O/c1-20-6-8-21(9-7-20)14-10-13(17-11-18-14)15(22)19-12-2-4-16-5-3-12/h2-5,10-11H,6-9H2,1H3,(H,16,19,22). The normalized spacial score (nSPS) is 15.6. The second-order valence-electron chi connectivity index (χ2n) is 5.24. The van der Waals surface area contributed by atoms with Crippen LogP contribution >= 0.6 is 0 Å². The number of nitrogens with zero attached hydrogens (tertiary/aromatic N) is 5. The molecular weight excluding hydrogens is 280 g/mol. The molecule has 1 fully saturated rings. The lowest BCUT2D eigenvalue weighted by Gasteiger charge is -2.33. The number of likely N-dealkylation sites (N-methyl/N-ethyl adjacent to an activating group) is 1. The van der Waals surface area contributed by atoms with Gasteiger partial charge in [0, 0.05) is 50.3 Å². The van der Waals surface area contributed by atoms with Crippen molar-refractivity contribution in [2.45, 2.75) is 0 Å². The summed E-state index contributed by atoms with van der Waals surface area (Å²) >= 11 is 0. The third kappa shape index (κ3) is 3.37. The van der Waals surface area contributed by atoms with Gasteiger partial charge in [0.25, 0.3) is 5.91 Å². The van der Waals surface area contributed by atoms with Crippen LogP contribution in [0.3, 0.4) is 0 Å². The molecule has 3 rings (SSSR count). The largest absolute Gasteiger partial charge is 0.354 e. The number of amides is 1. The number of carbonyl (C=O) groups is 1. The highest BCUT2D eigenvalue weighted by atomic mass is 16.1. The van der Waals surface area contributed by atoms with E-state index in [-0.39, 0.29) is 5.91 Å². The minimum atomic E-state index is -0.246. The van der Waals surface area contributed by atoms with Crippen LogP contribution in [0.1, 0.15) is 10.5 Å². The molecule has 0 bridgehead atoms. The number of pyridine rings is 1. The summed E-state index contributed by atoms with van der Waals surface area (Å²) in [6, 6.07) is 5.21. The second kappa shape index (κ2) is 6.48. The lowest BCUT2D eigenvalue weighted by atomic mass is 10.3. The van der Waals surface area contributed by atoms with Crippen LogP contribution in [0.25, 0.3) is 0 Å². The van der Waals surface area contributed by atoms with Gasteiger partial charge in [-0.15, -0.1) is 0 Å². The average molecular weight is 298 g/mol.